The third-order valence-corrected chi connectivity index (χ3v) is 5.38. The molecule has 4 rings (SSSR count). The minimum Gasteiger partial charge on any atom is -0.487 e. The van der Waals surface area contributed by atoms with Gasteiger partial charge >= 0.3 is 6.09 Å². The molecule has 0 saturated carbocycles. The molecule has 1 fully saturated rings. The molecule has 0 aliphatic carbocycles. The minimum atomic E-state index is -0.953. The van der Waals surface area contributed by atoms with Gasteiger partial charge in [0.15, 0.2) is 23.2 Å². The van der Waals surface area contributed by atoms with Gasteiger partial charge in [0.25, 0.3) is 0 Å². The van der Waals surface area contributed by atoms with Gasteiger partial charge in [-0.15, -0.1) is 0 Å². The molecule has 162 valence electrons. The fourth-order valence-electron chi connectivity index (χ4n) is 3.65. The maximum Gasteiger partial charge on any atom is 0.407 e. The van der Waals surface area contributed by atoms with Crippen molar-refractivity contribution in [1.29, 1.82) is 0 Å². The minimum absolute atomic E-state index is 0.0462. The van der Waals surface area contributed by atoms with Gasteiger partial charge < -0.3 is 14.7 Å². The number of carboxylic acid groups (broad SMARTS) is 1. The lowest BCUT2D eigenvalue weighted by Crippen LogP contribution is -2.38. The van der Waals surface area contributed by atoms with Crippen molar-refractivity contribution < 1.29 is 23.4 Å². The fourth-order valence-corrected chi connectivity index (χ4v) is 3.65. The first kappa shape index (κ1) is 20.7. The average molecular weight is 429 g/mol. The molecule has 1 aliphatic rings. The first-order valence-electron chi connectivity index (χ1n) is 9.85. The van der Waals surface area contributed by atoms with E-state index in [0.717, 1.165) is 0 Å². The number of aryl methyl sites for hydroxylation is 1. The molecule has 0 atom stereocenters. The van der Waals surface area contributed by atoms with Crippen LogP contribution in [0, 0.1) is 24.5 Å². The number of piperidine rings is 1. The van der Waals surface area contributed by atoms with Crippen LogP contribution in [0.15, 0.2) is 36.9 Å². The summed E-state index contributed by atoms with van der Waals surface area (Å²) in [5.74, 6) is -1.41. The second kappa shape index (κ2) is 8.66. The van der Waals surface area contributed by atoms with Gasteiger partial charge in [0.1, 0.15) is 12.7 Å². The van der Waals surface area contributed by atoms with E-state index in [1.54, 1.807) is 19.1 Å². The Labute approximate surface area is 177 Å². The highest BCUT2D eigenvalue weighted by Crippen LogP contribution is 2.31. The number of halogens is 2. The lowest BCUT2D eigenvalue weighted by atomic mass is 9.98. The Morgan fingerprint density at radius 2 is 1.94 bits per heavy atom. The lowest BCUT2D eigenvalue weighted by Gasteiger charge is -2.29. The van der Waals surface area contributed by atoms with Gasteiger partial charge in [0.05, 0.1) is 6.61 Å². The highest BCUT2D eigenvalue weighted by atomic mass is 19.1. The van der Waals surface area contributed by atoms with Crippen LogP contribution in [0.1, 0.15) is 18.5 Å². The highest BCUT2D eigenvalue weighted by Gasteiger charge is 2.24. The average Bonchev–Trinajstić information content (AvgIpc) is 3.28. The van der Waals surface area contributed by atoms with Crippen LogP contribution in [-0.2, 0) is 0 Å². The number of likely N-dealkylation sites (tertiary alicyclic amines) is 1. The monoisotopic (exact) mass is 429 g/mol. The van der Waals surface area contributed by atoms with Crippen LogP contribution in [0.3, 0.4) is 0 Å². The summed E-state index contributed by atoms with van der Waals surface area (Å²) in [6, 6.07) is 5.88. The number of pyridine rings is 1. The molecule has 8 nitrogen and oxygen atoms in total. The highest BCUT2D eigenvalue weighted by molar-refractivity contribution is 5.67. The quantitative estimate of drug-likeness (QED) is 0.665. The molecule has 10 heteroatoms. The Kier molecular flexibility index (Phi) is 5.79. The number of benzene rings is 1. The number of nitrogens with zero attached hydrogens (tertiary/aromatic N) is 5. The molecule has 1 N–H and O–H groups in total. The van der Waals surface area contributed by atoms with E-state index in [2.05, 4.69) is 15.1 Å². The maximum absolute atomic E-state index is 14.7. The van der Waals surface area contributed by atoms with Gasteiger partial charge in [-0.25, -0.2) is 28.2 Å². The van der Waals surface area contributed by atoms with Crippen molar-refractivity contribution in [3.8, 4) is 22.7 Å². The number of ether oxygens (including phenoxy) is 1. The topological polar surface area (TPSA) is 93.4 Å². The van der Waals surface area contributed by atoms with Crippen LogP contribution >= 0.6 is 0 Å². The first-order chi connectivity index (χ1) is 14.9. The molecular formula is C21H21F2N5O3. The van der Waals surface area contributed by atoms with Crippen LogP contribution in [0.2, 0.25) is 0 Å². The van der Waals surface area contributed by atoms with E-state index >= 15 is 0 Å². The van der Waals surface area contributed by atoms with Crippen LogP contribution in [0.4, 0.5) is 13.6 Å². The molecule has 0 bridgehead atoms. The van der Waals surface area contributed by atoms with Crippen molar-refractivity contribution in [2.24, 2.45) is 5.92 Å². The Hall–Kier alpha value is -3.56. The molecule has 3 aromatic rings. The van der Waals surface area contributed by atoms with Gasteiger partial charge in [0, 0.05) is 24.3 Å². The maximum atomic E-state index is 14.7. The van der Waals surface area contributed by atoms with Crippen LogP contribution in [-0.4, -0.2) is 55.5 Å². The van der Waals surface area contributed by atoms with Crippen molar-refractivity contribution >= 4 is 6.09 Å². The number of aromatic nitrogens is 4. The number of carbonyl (C=O) groups is 1. The Morgan fingerprint density at radius 1 is 1.23 bits per heavy atom. The number of amides is 1. The number of rotatable bonds is 5. The summed E-state index contributed by atoms with van der Waals surface area (Å²) in [5, 5.41) is 13.0. The van der Waals surface area contributed by atoms with Crippen molar-refractivity contribution in [1.82, 2.24) is 24.6 Å². The summed E-state index contributed by atoms with van der Waals surface area (Å²) < 4.78 is 36.3. The molecule has 1 aliphatic heterocycles. The van der Waals surface area contributed by atoms with Gasteiger partial charge in [-0.2, -0.15) is 5.10 Å². The van der Waals surface area contributed by atoms with E-state index in [0.29, 0.717) is 48.6 Å². The molecule has 3 heterocycles. The molecule has 2 aromatic heterocycles. The van der Waals surface area contributed by atoms with Crippen LogP contribution in [0.25, 0.3) is 16.9 Å². The Morgan fingerprint density at radius 3 is 2.52 bits per heavy atom. The molecule has 0 radical (unpaired) electrons. The third-order valence-electron chi connectivity index (χ3n) is 5.38. The summed E-state index contributed by atoms with van der Waals surface area (Å²) in [7, 11) is 0. The predicted octanol–water partition coefficient (Wildman–Crippen LogP) is 3.68. The largest absolute Gasteiger partial charge is 0.487 e. The molecule has 1 amide bonds. The van der Waals surface area contributed by atoms with Crippen LogP contribution < -0.4 is 4.74 Å². The smallest absolute Gasteiger partial charge is 0.407 e. The van der Waals surface area contributed by atoms with Crippen molar-refractivity contribution in [2.75, 3.05) is 19.7 Å². The summed E-state index contributed by atoms with van der Waals surface area (Å²) in [6.45, 7) is 2.67. The lowest BCUT2D eigenvalue weighted by molar-refractivity contribution is 0.110. The standard InChI is InChI=1S/C21H21F2N5O3/c1-13-16(2-3-19(26-13)28-12-24-11-25-28)15-8-17(22)20(18(23)9-15)31-10-14-4-6-27(7-5-14)21(29)30/h2-3,8-9,11-12,14H,4-7,10H2,1H3,(H,29,30). The number of hydrogen-bond donors (Lipinski definition) is 1. The predicted molar refractivity (Wildman–Crippen MR) is 107 cm³/mol. The fraction of sp³-hybridized carbons (Fsp3) is 0.333. The van der Waals surface area contributed by atoms with Gasteiger partial charge in [0.2, 0.25) is 0 Å². The van der Waals surface area contributed by atoms with Crippen molar-refractivity contribution in [3.05, 3.63) is 54.2 Å². The van der Waals surface area contributed by atoms with E-state index in [1.807, 2.05) is 0 Å². The van der Waals surface area contributed by atoms with Crippen molar-refractivity contribution in [2.45, 2.75) is 19.8 Å². The normalized spacial score (nSPS) is 14.6. The van der Waals surface area contributed by atoms with E-state index in [4.69, 9.17) is 9.84 Å². The summed E-state index contributed by atoms with van der Waals surface area (Å²) in [6.07, 6.45) is 3.14. The zero-order valence-electron chi connectivity index (χ0n) is 16.8. The van der Waals surface area contributed by atoms with E-state index in [1.165, 1.54) is 34.4 Å². The Bertz CT molecular complexity index is 1060. The van der Waals surface area contributed by atoms with Gasteiger partial charge in [-0.05, 0) is 55.5 Å². The second-order valence-electron chi connectivity index (χ2n) is 7.44. The molecule has 0 spiro atoms. The number of hydrogen-bond acceptors (Lipinski definition) is 5. The van der Waals surface area contributed by atoms with E-state index in [9.17, 15) is 13.6 Å². The molecule has 1 aromatic carbocycles. The Balaban J connectivity index is 1.47. The molecule has 31 heavy (non-hydrogen) atoms. The van der Waals surface area contributed by atoms with E-state index < -0.39 is 23.5 Å². The zero-order chi connectivity index (χ0) is 22.0. The first-order valence-corrected chi connectivity index (χ1v) is 9.85. The van der Waals surface area contributed by atoms with Crippen LogP contribution in [0.5, 0.6) is 5.75 Å². The summed E-state index contributed by atoms with van der Waals surface area (Å²) in [4.78, 5) is 20.6. The molecule has 1 saturated heterocycles. The summed E-state index contributed by atoms with van der Waals surface area (Å²) in [5.41, 5.74) is 1.53. The SMILES string of the molecule is Cc1nc(-n2cncn2)ccc1-c1cc(F)c(OCC2CCN(C(=O)O)CC2)c(F)c1. The summed E-state index contributed by atoms with van der Waals surface area (Å²) >= 11 is 0. The van der Waals surface area contributed by atoms with Gasteiger partial charge in [-0.1, -0.05) is 0 Å². The zero-order valence-corrected chi connectivity index (χ0v) is 16.8. The molecular weight excluding hydrogens is 408 g/mol. The third kappa shape index (κ3) is 4.47. The second-order valence-corrected chi connectivity index (χ2v) is 7.44. The molecule has 0 unspecified atom stereocenters. The van der Waals surface area contributed by atoms with Crippen molar-refractivity contribution in [3.63, 3.8) is 0 Å². The van der Waals surface area contributed by atoms with Gasteiger partial charge in [-0.3, -0.25) is 0 Å². The van der Waals surface area contributed by atoms with E-state index in [-0.39, 0.29) is 12.5 Å².